The smallest absolute Gasteiger partial charge is 0.259 e. The highest BCUT2D eigenvalue weighted by Gasteiger charge is 2.16. The minimum absolute atomic E-state index is 0.130. The number of amides is 1. The van der Waals surface area contributed by atoms with E-state index in [4.69, 9.17) is 9.26 Å². The summed E-state index contributed by atoms with van der Waals surface area (Å²) in [6.07, 6.45) is 2.47. The summed E-state index contributed by atoms with van der Waals surface area (Å²) in [5.74, 6) is 1.16. The lowest BCUT2D eigenvalue weighted by Gasteiger charge is -2.20. The molecule has 7 heteroatoms. The molecular weight excluding hydrogens is 368 g/mol. The molecule has 0 radical (unpaired) electrons. The predicted molar refractivity (Wildman–Crippen MR) is 110 cm³/mol. The Morgan fingerprint density at radius 2 is 1.97 bits per heavy atom. The molecule has 0 spiro atoms. The van der Waals surface area contributed by atoms with Crippen molar-refractivity contribution in [3.8, 4) is 5.75 Å². The van der Waals surface area contributed by atoms with Gasteiger partial charge in [0.25, 0.3) is 5.91 Å². The number of carbonyl (C=O) groups excluding carboxylic acids is 1. The van der Waals surface area contributed by atoms with Crippen molar-refractivity contribution in [2.45, 2.75) is 33.3 Å². The monoisotopic (exact) mass is 392 g/mol. The van der Waals surface area contributed by atoms with Crippen LogP contribution in [0.3, 0.4) is 0 Å². The van der Waals surface area contributed by atoms with Crippen LogP contribution in [0.15, 0.2) is 47.0 Å². The van der Waals surface area contributed by atoms with Crippen molar-refractivity contribution in [3.63, 3.8) is 0 Å². The van der Waals surface area contributed by atoms with E-state index >= 15 is 0 Å². The maximum Gasteiger partial charge on any atom is 0.259 e. The summed E-state index contributed by atoms with van der Waals surface area (Å²) < 4.78 is 10.7. The summed E-state index contributed by atoms with van der Waals surface area (Å²) in [7, 11) is 0. The van der Waals surface area contributed by atoms with Gasteiger partial charge < -0.3 is 19.5 Å². The number of aryl methyl sites for hydroxylation is 2. The van der Waals surface area contributed by atoms with Gasteiger partial charge in [0.1, 0.15) is 5.75 Å². The highest BCUT2D eigenvalue weighted by atomic mass is 16.5. The van der Waals surface area contributed by atoms with Crippen molar-refractivity contribution in [3.05, 3.63) is 65.3 Å². The molecule has 1 aliphatic heterocycles. The second kappa shape index (κ2) is 8.34. The third-order valence-electron chi connectivity index (χ3n) is 4.96. The SMILES string of the molecule is Cc1nc(COc2ccccc2C(=O)Nc2ccc(N3CCCC3)c(C)c2)no1. The Labute approximate surface area is 169 Å². The molecule has 2 heterocycles. The molecule has 0 atom stereocenters. The van der Waals surface area contributed by atoms with Gasteiger partial charge in [-0.05, 0) is 55.7 Å². The minimum Gasteiger partial charge on any atom is -0.485 e. The van der Waals surface area contributed by atoms with Gasteiger partial charge in [-0.2, -0.15) is 4.98 Å². The average Bonchev–Trinajstić information content (AvgIpc) is 3.38. The van der Waals surface area contributed by atoms with E-state index in [1.165, 1.54) is 18.5 Å². The highest BCUT2D eigenvalue weighted by Crippen LogP contribution is 2.27. The fraction of sp³-hybridized carbons (Fsp3) is 0.318. The van der Waals surface area contributed by atoms with Crippen LogP contribution in [-0.4, -0.2) is 29.1 Å². The van der Waals surface area contributed by atoms with Gasteiger partial charge in [0.2, 0.25) is 11.7 Å². The number of ether oxygens (including phenoxy) is 1. The maximum atomic E-state index is 12.9. The molecule has 1 saturated heterocycles. The number of benzene rings is 2. The molecule has 150 valence electrons. The van der Waals surface area contributed by atoms with E-state index in [-0.39, 0.29) is 12.5 Å². The fourth-order valence-corrected chi connectivity index (χ4v) is 3.57. The molecule has 1 fully saturated rings. The molecule has 1 aromatic heterocycles. The highest BCUT2D eigenvalue weighted by molar-refractivity contribution is 6.06. The van der Waals surface area contributed by atoms with Gasteiger partial charge in [0.15, 0.2) is 6.61 Å². The average molecular weight is 392 g/mol. The molecular formula is C22H24N4O3. The van der Waals surface area contributed by atoms with Gasteiger partial charge in [0.05, 0.1) is 5.56 Å². The molecule has 1 amide bonds. The third-order valence-corrected chi connectivity index (χ3v) is 4.96. The zero-order chi connectivity index (χ0) is 20.2. The summed E-state index contributed by atoms with van der Waals surface area (Å²) in [6.45, 7) is 6.11. The number of aromatic nitrogens is 2. The summed E-state index contributed by atoms with van der Waals surface area (Å²) in [4.78, 5) is 19.4. The van der Waals surface area contributed by atoms with Crippen molar-refractivity contribution in [1.82, 2.24) is 10.1 Å². The Morgan fingerprint density at radius 3 is 2.69 bits per heavy atom. The van der Waals surface area contributed by atoms with Gasteiger partial charge in [-0.1, -0.05) is 17.3 Å². The molecule has 0 saturated carbocycles. The molecule has 0 aliphatic carbocycles. The van der Waals surface area contributed by atoms with E-state index in [1.54, 1.807) is 19.1 Å². The molecule has 0 unspecified atom stereocenters. The number of nitrogens with zero attached hydrogens (tertiary/aromatic N) is 3. The van der Waals surface area contributed by atoms with Gasteiger partial charge in [0, 0.05) is 31.4 Å². The van der Waals surface area contributed by atoms with E-state index in [0.29, 0.717) is 23.0 Å². The van der Waals surface area contributed by atoms with Crippen LogP contribution in [0.25, 0.3) is 0 Å². The Bertz CT molecular complexity index is 1010. The predicted octanol–water partition coefficient (Wildman–Crippen LogP) is 4.12. The second-order valence-electron chi connectivity index (χ2n) is 7.16. The van der Waals surface area contributed by atoms with E-state index < -0.39 is 0 Å². The summed E-state index contributed by atoms with van der Waals surface area (Å²) in [5, 5.41) is 6.78. The molecule has 1 N–H and O–H groups in total. The van der Waals surface area contributed by atoms with E-state index in [9.17, 15) is 4.79 Å². The van der Waals surface area contributed by atoms with Gasteiger partial charge in [-0.3, -0.25) is 4.79 Å². The van der Waals surface area contributed by atoms with E-state index in [2.05, 4.69) is 33.3 Å². The van der Waals surface area contributed by atoms with Crippen molar-refractivity contribution in [1.29, 1.82) is 0 Å². The number of hydrogen-bond acceptors (Lipinski definition) is 6. The Kier molecular flexibility index (Phi) is 5.46. The lowest BCUT2D eigenvalue weighted by Crippen LogP contribution is -2.19. The molecule has 7 nitrogen and oxygen atoms in total. The second-order valence-corrected chi connectivity index (χ2v) is 7.16. The van der Waals surface area contributed by atoms with Crippen LogP contribution in [-0.2, 0) is 6.61 Å². The van der Waals surface area contributed by atoms with Crippen LogP contribution in [0.1, 0.15) is 40.5 Å². The van der Waals surface area contributed by atoms with Crippen LogP contribution < -0.4 is 15.0 Å². The number of anilines is 2. The Hall–Kier alpha value is -3.35. The van der Waals surface area contributed by atoms with E-state index in [1.807, 2.05) is 24.3 Å². The third kappa shape index (κ3) is 4.39. The summed E-state index contributed by atoms with van der Waals surface area (Å²) in [6, 6.07) is 13.2. The number of para-hydroxylation sites is 1. The zero-order valence-electron chi connectivity index (χ0n) is 16.6. The van der Waals surface area contributed by atoms with Crippen molar-refractivity contribution in [2.24, 2.45) is 0 Å². The minimum atomic E-state index is -0.224. The quantitative estimate of drug-likeness (QED) is 0.680. The standard InChI is InChI=1S/C22H24N4O3/c1-15-13-17(9-10-19(15)26-11-5-6-12-26)24-22(27)18-7-3-4-8-20(18)28-14-21-23-16(2)29-25-21/h3-4,7-10,13H,5-6,11-12,14H2,1-2H3,(H,24,27). The largest absolute Gasteiger partial charge is 0.485 e. The van der Waals surface area contributed by atoms with Gasteiger partial charge >= 0.3 is 0 Å². The van der Waals surface area contributed by atoms with Crippen molar-refractivity contribution in [2.75, 3.05) is 23.3 Å². The first-order chi connectivity index (χ1) is 14.1. The molecule has 0 bridgehead atoms. The van der Waals surface area contributed by atoms with Crippen LogP contribution in [0, 0.1) is 13.8 Å². The molecule has 29 heavy (non-hydrogen) atoms. The number of rotatable bonds is 6. The fourth-order valence-electron chi connectivity index (χ4n) is 3.57. The molecule has 4 rings (SSSR count). The first-order valence-electron chi connectivity index (χ1n) is 9.78. The summed E-state index contributed by atoms with van der Waals surface area (Å²) >= 11 is 0. The van der Waals surface area contributed by atoms with Gasteiger partial charge in [-0.25, -0.2) is 0 Å². The first kappa shape index (κ1) is 19.0. The zero-order valence-corrected chi connectivity index (χ0v) is 16.6. The normalized spacial score (nSPS) is 13.5. The van der Waals surface area contributed by atoms with Crippen LogP contribution in [0.4, 0.5) is 11.4 Å². The lowest BCUT2D eigenvalue weighted by molar-refractivity contribution is 0.102. The molecule has 1 aliphatic rings. The Balaban J connectivity index is 1.46. The molecule has 3 aromatic rings. The van der Waals surface area contributed by atoms with E-state index in [0.717, 1.165) is 24.3 Å². The van der Waals surface area contributed by atoms with Crippen molar-refractivity contribution >= 4 is 17.3 Å². The van der Waals surface area contributed by atoms with Crippen LogP contribution >= 0.6 is 0 Å². The van der Waals surface area contributed by atoms with Crippen LogP contribution in [0.5, 0.6) is 5.75 Å². The summed E-state index contributed by atoms with van der Waals surface area (Å²) in [5.41, 5.74) is 3.61. The number of hydrogen-bond donors (Lipinski definition) is 1. The van der Waals surface area contributed by atoms with Gasteiger partial charge in [-0.15, -0.1) is 0 Å². The lowest BCUT2D eigenvalue weighted by atomic mass is 10.1. The Morgan fingerprint density at radius 1 is 1.17 bits per heavy atom. The topological polar surface area (TPSA) is 80.5 Å². The first-order valence-corrected chi connectivity index (χ1v) is 9.78. The maximum absolute atomic E-state index is 12.9. The number of nitrogens with one attached hydrogen (secondary N) is 1. The van der Waals surface area contributed by atoms with Crippen molar-refractivity contribution < 1.29 is 14.1 Å². The van der Waals surface area contributed by atoms with Crippen LogP contribution in [0.2, 0.25) is 0 Å². The number of carbonyl (C=O) groups is 1. The molecule has 2 aromatic carbocycles.